The summed E-state index contributed by atoms with van der Waals surface area (Å²) in [5, 5.41) is 0. The molecule has 3 heterocycles. The van der Waals surface area contributed by atoms with Crippen molar-refractivity contribution in [3.63, 3.8) is 0 Å². The van der Waals surface area contributed by atoms with E-state index in [0.717, 1.165) is 24.8 Å². The third kappa shape index (κ3) is 4.13. The van der Waals surface area contributed by atoms with E-state index in [4.69, 9.17) is 5.73 Å². The number of carbonyl (C=O) groups is 3. The van der Waals surface area contributed by atoms with E-state index in [2.05, 4.69) is 0 Å². The summed E-state index contributed by atoms with van der Waals surface area (Å²) >= 11 is 0. The first-order valence-corrected chi connectivity index (χ1v) is 10.3. The molecule has 2 unspecified atom stereocenters. The van der Waals surface area contributed by atoms with E-state index in [-0.39, 0.29) is 29.6 Å². The summed E-state index contributed by atoms with van der Waals surface area (Å²) in [6.07, 6.45) is 10.4. The van der Waals surface area contributed by atoms with Gasteiger partial charge in [0.05, 0.1) is 0 Å². The van der Waals surface area contributed by atoms with Crippen LogP contribution in [0.15, 0.2) is 35.7 Å². The number of nitrogens with two attached hydrogens (primary N) is 1. The molecule has 0 saturated heterocycles. The molecule has 1 fully saturated rings. The first-order valence-electron chi connectivity index (χ1n) is 10.3. The van der Waals surface area contributed by atoms with Crippen LogP contribution in [0.25, 0.3) is 6.08 Å². The topological polar surface area (TPSA) is 88.6 Å². The molecule has 2 aliphatic heterocycles. The van der Waals surface area contributed by atoms with E-state index in [1.807, 2.05) is 46.0 Å². The Morgan fingerprint density at radius 1 is 1.03 bits per heavy atom. The molecule has 2 N–H and O–H groups in total. The van der Waals surface area contributed by atoms with Gasteiger partial charge in [0.15, 0.2) is 0 Å². The summed E-state index contributed by atoms with van der Waals surface area (Å²) in [6.45, 7) is 2.37. The Bertz CT molecular complexity index is 880. The van der Waals surface area contributed by atoms with Crippen molar-refractivity contribution in [1.29, 1.82) is 0 Å². The molecule has 7 heteroatoms. The van der Waals surface area contributed by atoms with Crippen LogP contribution < -0.4 is 5.73 Å². The number of amides is 3. The van der Waals surface area contributed by atoms with Crippen molar-refractivity contribution in [3.05, 3.63) is 41.2 Å². The summed E-state index contributed by atoms with van der Waals surface area (Å²) in [6, 6.07) is 1.96. The molecule has 7 nitrogen and oxygen atoms in total. The average Bonchev–Trinajstić information content (AvgIpc) is 3.40. The van der Waals surface area contributed by atoms with Gasteiger partial charge in [0.1, 0.15) is 0 Å². The number of hydrogen-bond donors (Lipinski definition) is 1. The number of aromatic nitrogens is 1. The van der Waals surface area contributed by atoms with E-state index < -0.39 is 0 Å². The van der Waals surface area contributed by atoms with Gasteiger partial charge in [-0.25, -0.2) is 0 Å². The van der Waals surface area contributed by atoms with Gasteiger partial charge in [0, 0.05) is 63.5 Å². The van der Waals surface area contributed by atoms with Crippen molar-refractivity contribution in [3.8, 4) is 0 Å². The maximum atomic E-state index is 12.9. The standard InChI is InChI=1S/C22H28N4O3/c1-24-8-7-15(10-24)5-6-20(27)25-11-18-13-26(14-19(18)12-25)22(29)17-4-2-3-16(9-17)21(23)28/h5-8,10,16-17H,2-4,9,11-14H2,1H3,(H2,23,28)/b6-5+. The summed E-state index contributed by atoms with van der Waals surface area (Å²) < 4.78 is 1.94. The molecular formula is C22H28N4O3. The Morgan fingerprint density at radius 2 is 1.69 bits per heavy atom. The lowest BCUT2D eigenvalue weighted by molar-refractivity contribution is -0.136. The number of rotatable bonds is 4. The monoisotopic (exact) mass is 396 g/mol. The van der Waals surface area contributed by atoms with Gasteiger partial charge in [0.2, 0.25) is 17.7 Å². The van der Waals surface area contributed by atoms with Gasteiger partial charge in [0.25, 0.3) is 0 Å². The van der Waals surface area contributed by atoms with Gasteiger partial charge in [-0.2, -0.15) is 0 Å². The smallest absolute Gasteiger partial charge is 0.247 e. The quantitative estimate of drug-likeness (QED) is 0.615. The van der Waals surface area contributed by atoms with Gasteiger partial charge in [-0.3, -0.25) is 14.4 Å². The summed E-state index contributed by atoms with van der Waals surface area (Å²) in [4.78, 5) is 40.6. The Labute approximate surface area is 170 Å². The molecule has 0 spiro atoms. The predicted molar refractivity (Wildman–Crippen MR) is 109 cm³/mol. The molecule has 1 aliphatic carbocycles. The molecule has 29 heavy (non-hydrogen) atoms. The fraction of sp³-hybridized carbons (Fsp3) is 0.500. The second kappa shape index (κ2) is 7.89. The van der Waals surface area contributed by atoms with E-state index >= 15 is 0 Å². The second-order valence-corrected chi connectivity index (χ2v) is 8.50. The van der Waals surface area contributed by atoms with Gasteiger partial charge < -0.3 is 20.1 Å². The Hall–Kier alpha value is -2.83. The van der Waals surface area contributed by atoms with Gasteiger partial charge in [-0.15, -0.1) is 0 Å². The molecule has 3 aliphatic rings. The lowest BCUT2D eigenvalue weighted by Gasteiger charge is -2.30. The first kappa shape index (κ1) is 19.5. The van der Waals surface area contributed by atoms with E-state index in [9.17, 15) is 14.4 Å². The minimum absolute atomic E-state index is 0.00212. The third-order valence-electron chi connectivity index (χ3n) is 6.35. The fourth-order valence-electron chi connectivity index (χ4n) is 4.72. The van der Waals surface area contributed by atoms with Crippen LogP contribution in [0.4, 0.5) is 0 Å². The molecular weight excluding hydrogens is 368 g/mol. The van der Waals surface area contributed by atoms with Crippen LogP contribution in [0.5, 0.6) is 0 Å². The largest absolute Gasteiger partial charge is 0.369 e. The number of primary amides is 1. The van der Waals surface area contributed by atoms with Crippen LogP contribution in [0, 0.1) is 11.8 Å². The van der Waals surface area contributed by atoms with E-state index in [1.54, 1.807) is 6.08 Å². The van der Waals surface area contributed by atoms with Crippen LogP contribution in [0.2, 0.25) is 0 Å². The molecule has 3 amide bonds. The van der Waals surface area contributed by atoms with Crippen molar-refractivity contribution < 1.29 is 14.4 Å². The Kier molecular flexibility index (Phi) is 5.30. The van der Waals surface area contributed by atoms with Crippen molar-refractivity contribution in [2.75, 3.05) is 26.2 Å². The summed E-state index contributed by atoms with van der Waals surface area (Å²) in [7, 11) is 1.95. The van der Waals surface area contributed by atoms with Crippen LogP contribution in [0.3, 0.4) is 0 Å². The molecule has 2 atom stereocenters. The average molecular weight is 396 g/mol. The Morgan fingerprint density at radius 3 is 2.31 bits per heavy atom. The predicted octanol–water partition coefficient (Wildman–Crippen LogP) is 1.31. The molecule has 4 rings (SSSR count). The van der Waals surface area contributed by atoms with Crippen LogP contribution in [0.1, 0.15) is 31.2 Å². The molecule has 1 aromatic rings. The second-order valence-electron chi connectivity index (χ2n) is 8.50. The van der Waals surface area contributed by atoms with Crippen molar-refractivity contribution in [2.24, 2.45) is 24.6 Å². The van der Waals surface area contributed by atoms with E-state index in [1.165, 1.54) is 11.1 Å². The van der Waals surface area contributed by atoms with Crippen LogP contribution in [-0.2, 0) is 21.4 Å². The highest BCUT2D eigenvalue weighted by atomic mass is 16.2. The zero-order valence-corrected chi connectivity index (χ0v) is 16.8. The highest BCUT2D eigenvalue weighted by Crippen LogP contribution is 2.33. The molecule has 154 valence electrons. The first-order chi connectivity index (χ1) is 13.9. The number of hydrogen-bond acceptors (Lipinski definition) is 3. The van der Waals surface area contributed by atoms with Crippen LogP contribution >= 0.6 is 0 Å². The highest BCUT2D eigenvalue weighted by molar-refractivity contribution is 5.92. The molecule has 1 saturated carbocycles. The van der Waals surface area contributed by atoms with Gasteiger partial charge >= 0.3 is 0 Å². The zero-order chi connectivity index (χ0) is 20.5. The van der Waals surface area contributed by atoms with Gasteiger partial charge in [-0.1, -0.05) is 6.42 Å². The van der Waals surface area contributed by atoms with Crippen LogP contribution in [-0.4, -0.2) is 58.3 Å². The number of carbonyl (C=O) groups excluding carboxylic acids is 3. The summed E-state index contributed by atoms with van der Waals surface area (Å²) in [5.41, 5.74) is 8.81. The summed E-state index contributed by atoms with van der Waals surface area (Å²) in [5.74, 6) is -0.440. The third-order valence-corrected chi connectivity index (χ3v) is 6.35. The lowest BCUT2D eigenvalue weighted by Crippen LogP contribution is -2.41. The minimum Gasteiger partial charge on any atom is -0.369 e. The zero-order valence-electron chi connectivity index (χ0n) is 16.8. The van der Waals surface area contributed by atoms with Gasteiger partial charge in [-0.05, 0) is 48.1 Å². The maximum Gasteiger partial charge on any atom is 0.247 e. The lowest BCUT2D eigenvalue weighted by atomic mass is 9.80. The minimum atomic E-state index is -0.290. The SMILES string of the molecule is Cn1ccc(/C=C/C(=O)N2CC3=C(C2)CN(C(=O)C2CCCC(C(N)=O)C2)C3)c1. The number of aryl methyl sites for hydroxylation is 1. The molecule has 0 radical (unpaired) electrons. The molecule has 1 aromatic heterocycles. The highest BCUT2D eigenvalue weighted by Gasteiger charge is 2.37. The van der Waals surface area contributed by atoms with E-state index in [0.29, 0.717) is 32.6 Å². The maximum absolute atomic E-state index is 12.9. The van der Waals surface area contributed by atoms with Crippen molar-refractivity contribution >= 4 is 23.8 Å². The molecule has 0 bridgehead atoms. The van der Waals surface area contributed by atoms with Crippen molar-refractivity contribution in [2.45, 2.75) is 25.7 Å². The Balaban J connectivity index is 1.29. The fourth-order valence-corrected chi connectivity index (χ4v) is 4.72. The van der Waals surface area contributed by atoms with Crippen molar-refractivity contribution in [1.82, 2.24) is 14.4 Å². The normalized spacial score (nSPS) is 24.4. The number of nitrogens with zero attached hydrogens (tertiary/aromatic N) is 3. The molecule has 0 aromatic carbocycles.